The van der Waals surface area contributed by atoms with Crippen LogP contribution >= 0.6 is 0 Å². The van der Waals surface area contributed by atoms with Crippen molar-refractivity contribution in [2.75, 3.05) is 13.1 Å². The van der Waals surface area contributed by atoms with E-state index >= 15 is 0 Å². The number of nitrogens with two attached hydrogens (primary N) is 1. The number of halogens is 3. The molecule has 31 heavy (non-hydrogen) atoms. The topological polar surface area (TPSA) is 112 Å². The van der Waals surface area contributed by atoms with Gasteiger partial charge in [0.05, 0.1) is 5.56 Å². The van der Waals surface area contributed by atoms with Crippen LogP contribution in [0.15, 0.2) is 36.7 Å². The van der Waals surface area contributed by atoms with Crippen molar-refractivity contribution in [1.82, 2.24) is 15.2 Å². The summed E-state index contributed by atoms with van der Waals surface area (Å²) in [5, 5.41) is 9.14. The van der Waals surface area contributed by atoms with E-state index < -0.39 is 29.5 Å². The van der Waals surface area contributed by atoms with E-state index in [9.17, 15) is 22.8 Å². The monoisotopic (exact) mass is 433 g/mol. The number of alkyl halides is 3. The van der Waals surface area contributed by atoms with E-state index in [2.05, 4.69) is 4.98 Å². The number of guanidine groups is 1. The van der Waals surface area contributed by atoms with E-state index in [0.29, 0.717) is 37.1 Å². The molecule has 0 radical (unpaired) electrons. The lowest BCUT2D eigenvalue weighted by Crippen LogP contribution is -2.38. The Labute approximate surface area is 177 Å². The normalized spacial score (nSPS) is 14.9. The molecule has 0 unspecified atom stereocenters. The summed E-state index contributed by atoms with van der Waals surface area (Å²) in [6, 6.07) is 5.40. The van der Waals surface area contributed by atoms with Gasteiger partial charge in [0.2, 0.25) is 0 Å². The maximum Gasteiger partial charge on any atom is 0.416 e. The van der Waals surface area contributed by atoms with Crippen molar-refractivity contribution >= 4 is 17.8 Å². The van der Waals surface area contributed by atoms with Crippen LogP contribution in [-0.2, 0) is 6.18 Å². The van der Waals surface area contributed by atoms with Gasteiger partial charge in [-0.25, -0.2) is 0 Å². The zero-order chi connectivity index (χ0) is 22.8. The number of benzene rings is 1. The van der Waals surface area contributed by atoms with Gasteiger partial charge in [0.1, 0.15) is 0 Å². The first-order valence-electron chi connectivity index (χ1n) is 9.64. The largest absolute Gasteiger partial charge is 0.416 e. The number of hydrogen-bond acceptors (Lipinski definition) is 4. The van der Waals surface area contributed by atoms with E-state index in [4.69, 9.17) is 11.1 Å². The van der Waals surface area contributed by atoms with Crippen LogP contribution in [0.25, 0.3) is 0 Å². The van der Waals surface area contributed by atoms with Gasteiger partial charge in [-0.05, 0) is 55.0 Å². The zero-order valence-electron chi connectivity index (χ0n) is 16.8. The Balaban J connectivity index is 1.84. The molecule has 0 spiro atoms. The van der Waals surface area contributed by atoms with E-state index in [1.54, 1.807) is 24.0 Å². The van der Waals surface area contributed by atoms with Gasteiger partial charge in [0, 0.05) is 36.6 Å². The summed E-state index contributed by atoms with van der Waals surface area (Å²) in [6.07, 6.45) is -0.876. The first-order chi connectivity index (χ1) is 14.6. The van der Waals surface area contributed by atoms with Gasteiger partial charge in [-0.1, -0.05) is 6.07 Å². The lowest BCUT2D eigenvalue weighted by molar-refractivity contribution is -0.138. The highest BCUT2D eigenvalue weighted by molar-refractivity contribution is 6.05. The zero-order valence-corrected chi connectivity index (χ0v) is 16.8. The number of aryl methyl sites for hydroxylation is 1. The lowest BCUT2D eigenvalue weighted by Gasteiger charge is -2.33. The molecule has 1 aliphatic rings. The maximum absolute atomic E-state index is 13.8. The van der Waals surface area contributed by atoms with Crippen molar-refractivity contribution in [3.63, 3.8) is 0 Å². The molecule has 0 saturated carbocycles. The van der Waals surface area contributed by atoms with Crippen LogP contribution in [-0.4, -0.2) is 40.7 Å². The predicted octanol–water partition coefficient (Wildman–Crippen LogP) is 3.05. The van der Waals surface area contributed by atoms with Crippen molar-refractivity contribution in [1.29, 1.82) is 5.41 Å². The van der Waals surface area contributed by atoms with E-state index in [-0.39, 0.29) is 17.0 Å². The van der Waals surface area contributed by atoms with Crippen molar-refractivity contribution in [2.24, 2.45) is 5.73 Å². The average Bonchev–Trinajstić information content (AvgIpc) is 2.72. The molecule has 0 bridgehead atoms. The highest BCUT2D eigenvalue weighted by Crippen LogP contribution is 2.40. The number of carbonyl (C=O) groups excluding carboxylic acids is 2. The standard InChI is InChI=1S/C21H22F3N5O2/c1-12-10-16(17(21(22,23)24)11-15(12)18(30)28-20(25)26)13-4-8-29(9-5-13)19(31)14-2-6-27-7-3-14/h2-3,6-7,10-11,13H,4-5,8-9H2,1H3,(H4,25,26,28,30). The van der Waals surface area contributed by atoms with E-state index in [1.807, 2.05) is 5.32 Å². The molecule has 164 valence electrons. The smallest absolute Gasteiger partial charge is 0.370 e. The Bertz CT molecular complexity index is 1000. The van der Waals surface area contributed by atoms with Gasteiger partial charge in [0.15, 0.2) is 5.96 Å². The molecule has 1 aromatic heterocycles. The third-order valence-corrected chi connectivity index (χ3v) is 5.34. The van der Waals surface area contributed by atoms with Gasteiger partial charge < -0.3 is 10.6 Å². The van der Waals surface area contributed by atoms with Crippen LogP contribution < -0.4 is 11.1 Å². The van der Waals surface area contributed by atoms with Crippen molar-refractivity contribution in [3.8, 4) is 0 Å². The third-order valence-electron chi connectivity index (χ3n) is 5.34. The van der Waals surface area contributed by atoms with Gasteiger partial charge in [-0.3, -0.25) is 25.3 Å². The average molecular weight is 433 g/mol. The fourth-order valence-corrected chi connectivity index (χ4v) is 3.82. The Morgan fingerprint density at radius 3 is 2.35 bits per heavy atom. The number of rotatable bonds is 3. The Hall–Kier alpha value is -3.43. The molecule has 1 aliphatic heterocycles. The minimum atomic E-state index is -4.65. The van der Waals surface area contributed by atoms with Gasteiger partial charge in [0.25, 0.3) is 11.8 Å². The quantitative estimate of drug-likeness (QED) is 0.510. The van der Waals surface area contributed by atoms with Crippen LogP contribution in [0.1, 0.15) is 56.2 Å². The SMILES string of the molecule is Cc1cc(C2CCN(C(=O)c3ccncc3)CC2)c(C(F)(F)F)cc1C(=O)NC(=N)N. The molecule has 1 fully saturated rings. The molecule has 0 atom stereocenters. The Kier molecular flexibility index (Phi) is 6.28. The molecule has 2 aromatic rings. The Morgan fingerprint density at radius 2 is 1.81 bits per heavy atom. The van der Waals surface area contributed by atoms with Crippen LogP contribution in [0.2, 0.25) is 0 Å². The summed E-state index contributed by atoms with van der Waals surface area (Å²) in [6.45, 7) is 2.20. The fourth-order valence-electron chi connectivity index (χ4n) is 3.82. The molecule has 2 amide bonds. The molecule has 2 heterocycles. The van der Waals surface area contributed by atoms with Crippen molar-refractivity contribution < 1.29 is 22.8 Å². The van der Waals surface area contributed by atoms with Crippen LogP contribution in [0.4, 0.5) is 13.2 Å². The summed E-state index contributed by atoms with van der Waals surface area (Å²) < 4.78 is 41.4. The van der Waals surface area contributed by atoms with E-state index in [1.165, 1.54) is 18.5 Å². The lowest BCUT2D eigenvalue weighted by atomic mass is 9.84. The number of carbonyl (C=O) groups is 2. The molecule has 7 nitrogen and oxygen atoms in total. The van der Waals surface area contributed by atoms with Gasteiger partial charge >= 0.3 is 6.18 Å². The summed E-state index contributed by atoms with van der Waals surface area (Å²) >= 11 is 0. The molecule has 10 heteroatoms. The van der Waals surface area contributed by atoms with E-state index in [0.717, 1.165) is 6.07 Å². The molecule has 4 N–H and O–H groups in total. The maximum atomic E-state index is 13.8. The van der Waals surface area contributed by atoms with Crippen molar-refractivity contribution in [3.05, 3.63) is 64.5 Å². The number of amides is 2. The van der Waals surface area contributed by atoms with Crippen LogP contribution in [0.5, 0.6) is 0 Å². The number of nitrogens with zero attached hydrogens (tertiary/aromatic N) is 2. The summed E-state index contributed by atoms with van der Waals surface area (Å²) in [5.74, 6) is -2.08. The Morgan fingerprint density at radius 1 is 1.19 bits per heavy atom. The predicted molar refractivity (Wildman–Crippen MR) is 108 cm³/mol. The highest BCUT2D eigenvalue weighted by Gasteiger charge is 2.37. The molecule has 3 rings (SSSR count). The summed E-state index contributed by atoms with van der Waals surface area (Å²) in [7, 11) is 0. The molecule has 1 saturated heterocycles. The van der Waals surface area contributed by atoms with Crippen LogP contribution in [0.3, 0.4) is 0 Å². The number of aromatic nitrogens is 1. The molecular formula is C21H22F3N5O2. The second kappa shape index (κ2) is 8.75. The van der Waals surface area contributed by atoms with Crippen LogP contribution in [0, 0.1) is 12.3 Å². The van der Waals surface area contributed by atoms with Gasteiger partial charge in [-0.2, -0.15) is 13.2 Å². The molecule has 0 aliphatic carbocycles. The number of likely N-dealkylation sites (tertiary alicyclic amines) is 1. The first-order valence-corrected chi connectivity index (χ1v) is 9.64. The number of pyridine rings is 1. The highest BCUT2D eigenvalue weighted by atomic mass is 19.4. The van der Waals surface area contributed by atoms with Gasteiger partial charge in [-0.15, -0.1) is 0 Å². The number of hydrogen-bond donors (Lipinski definition) is 3. The minimum Gasteiger partial charge on any atom is -0.370 e. The first kappa shape index (κ1) is 22.3. The minimum absolute atomic E-state index is 0.111. The summed E-state index contributed by atoms with van der Waals surface area (Å²) in [5.41, 5.74) is 5.01. The third kappa shape index (κ3) is 5.01. The summed E-state index contributed by atoms with van der Waals surface area (Å²) in [4.78, 5) is 30.2. The van der Waals surface area contributed by atoms with Crippen molar-refractivity contribution in [2.45, 2.75) is 31.9 Å². The second-order valence-electron chi connectivity index (χ2n) is 7.42. The number of nitrogens with one attached hydrogen (secondary N) is 2. The number of piperidine rings is 1. The second-order valence-corrected chi connectivity index (χ2v) is 7.42. The molecular weight excluding hydrogens is 411 g/mol. The molecule has 1 aromatic carbocycles. The fraction of sp³-hybridized carbons (Fsp3) is 0.333.